The molecule has 0 radical (unpaired) electrons. The van der Waals surface area contributed by atoms with Gasteiger partial charge in [-0.25, -0.2) is 0 Å². The highest BCUT2D eigenvalue weighted by atomic mass is 14.5. The van der Waals surface area contributed by atoms with Crippen LogP contribution in [0.5, 0.6) is 0 Å². The molecule has 2 rings (SSSR count). The Hall–Kier alpha value is -2.20. The fourth-order valence-corrected chi connectivity index (χ4v) is 1.97. The minimum atomic E-state index is 0.174. The molecular formula is C19H21N. The van der Waals surface area contributed by atoms with E-state index < -0.39 is 0 Å². The number of nitrogen functional groups attached to an aromatic ring is 1. The first kappa shape index (κ1) is 14.2. The van der Waals surface area contributed by atoms with E-state index in [4.69, 9.17) is 5.73 Å². The smallest absolute Gasteiger partial charge is 0.0481 e. The number of nitrogens with two attached hydrogens (primary N) is 1. The minimum absolute atomic E-state index is 0.174. The molecule has 0 aliphatic carbocycles. The van der Waals surface area contributed by atoms with Gasteiger partial charge in [-0.1, -0.05) is 50.8 Å². The van der Waals surface area contributed by atoms with Gasteiger partial charge in [-0.15, -0.1) is 0 Å². The summed E-state index contributed by atoms with van der Waals surface area (Å²) in [5.41, 5.74) is 11.2. The summed E-state index contributed by atoms with van der Waals surface area (Å²) in [7, 11) is 0. The van der Waals surface area contributed by atoms with Crippen LogP contribution < -0.4 is 5.73 Å². The highest BCUT2D eigenvalue weighted by Crippen LogP contribution is 2.22. The highest BCUT2D eigenvalue weighted by Gasteiger charge is 2.12. The van der Waals surface area contributed by atoms with Gasteiger partial charge in [0.2, 0.25) is 0 Å². The van der Waals surface area contributed by atoms with Crippen molar-refractivity contribution in [1.82, 2.24) is 0 Å². The Labute approximate surface area is 121 Å². The van der Waals surface area contributed by atoms with E-state index in [1.54, 1.807) is 0 Å². The summed E-state index contributed by atoms with van der Waals surface area (Å²) in [5.74, 6) is 6.33. The molecule has 0 amide bonds. The van der Waals surface area contributed by atoms with E-state index >= 15 is 0 Å². The average Bonchev–Trinajstić information content (AvgIpc) is 2.39. The number of hydrogen-bond donors (Lipinski definition) is 1. The third kappa shape index (κ3) is 3.42. The lowest BCUT2D eigenvalue weighted by atomic mass is 9.87. The Kier molecular flexibility index (Phi) is 3.86. The van der Waals surface area contributed by atoms with Crippen LogP contribution in [0.15, 0.2) is 42.5 Å². The summed E-state index contributed by atoms with van der Waals surface area (Å²) >= 11 is 0. The quantitative estimate of drug-likeness (QED) is 0.557. The molecule has 0 saturated heterocycles. The molecule has 0 spiro atoms. The fraction of sp³-hybridized carbons (Fsp3) is 0.263. The zero-order chi connectivity index (χ0) is 14.8. The van der Waals surface area contributed by atoms with Crippen molar-refractivity contribution in [3.63, 3.8) is 0 Å². The van der Waals surface area contributed by atoms with Crippen molar-refractivity contribution in [1.29, 1.82) is 0 Å². The normalized spacial score (nSPS) is 10.8. The van der Waals surface area contributed by atoms with Gasteiger partial charge >= 0.3 is 0 Å². The number of anilines is 1. The lowest BCUT2D eigenvalue weighted by molar-refractivity contribution is 0.590. The van der Waals surface area contributed by atoms with E-state index in [2.05, 4.69) is 56.9 Å². The van der Waals surface area contributed by atoms with Gasteiger partial charge in [-0.05, 0) is 47.7 Å². The number of aryl methyl sites for hydroxylation is 1. The molecule has 0 aliphatic heterocycles. The Bertz CT molecular complexity index is 662. The first-order valence-electron chi connectivity index (χ1n) is 6.85. The van der Waals surface area contributed by atoms with Crippen molar-refractivity contribution in [2.75, 3.05) is 5.73 Å². The second-order valence-electron chi connectivity index (χ2n) is 6.17. The van der Waals surface area contributed by atoms with Crippen LogP contribution in [0, 0.1) is 18.8 Å². The van der Waals surface area contributed by atoms with Crippen molar-refractivity contribution in [3.05, 3.63) is 64.7 Å². The van der Waals surface area contributed by atoms with Crippen LogP contribution in [-0.2, 0) is 5.41 Å². The number of rotatable bonds is 0. The van der Waals surface area contributed by atoms with Gasteiger partial charge in [0.15, 0.2) is 0 Å². The molecule has 0 saturated carbocycles. The predicted octanol–water partition coefficient (Wildman–Crippen LogP) is 4.27. The molecular weight excluding hydrogens is 242 g/mol. The van der Waals surface area contributed by atoms with Crippen molar-refractivity contribution in [3.8, 4) is 11.8 Å². The topological polar surface area (TPSA) is 26.0 Å². The van der Waals surface area contributed by atoms with E-state index in [9.17, 15) is 0 Å². The zero-order valence-electron chi connectivity index (χ0n) is 12.6. The first-order valence-corrected chi connectivity index (χ1v) is 6.85. The van der Waals surface area contributed by atoms with E-state index in [1.807, 2.05) is 25.1 Å². The van der Waals surface area contributed by atoms with Gasteiger partial charge in [0.1, 0.15) is 0 Å². The Morgan fingerprint density at radius 1 is 0.900 bits per heavy atom. The molecule has 2 N–H and O–H groups in total. The maximum Gasteiger partial charge on any atom is 0.0481 e. The molecule has 2 aromatic rings. The summed E-state index contributed by atoms with van der Waals surface area (Å²) < 4.78 is 0. The summed E-state index contributed by atoms with van der Waals surface area (Å²) in [6.45, 7) is 8.67. The van der Waals surface area contributed by atoms with E-state index in [-0.39, 0.29) is 5.41 Å². The SMILES string of the molecule is Cc1ccc(N)c(C#Cc2ccc(C(C)(C)C)cc2)c1. The molecule has 1 nitrogen and oxygen atoms in total. The Balaban J connectivity index is 2.27. The molecule has 1 heteroatoms. The molecule has 0 atom stereocenters. The second kappa shape index (κ2) is 5.43. The van der Waals surface area contributed by atoms with Crippen LogP contribution in [0.4, 0.5) is 5.69 Å². The van der Waals surface area contributed by atoms with Crippen molar-refractivity contribution in [2.24, 2.45) is 0 Å². The third-order valence-electron chi connectivity index (χ3n) is 3.30. The van der Waals surface area contributed by atoms with Gasteiger partial charge in [0.05, 0.1) is 0 Å². The van der Waals surface area contributed by atoms with Crippen LogP contribution >= 0.6 is 0 Å². The second-order valence-corrected chi connectivity index (χ2v) is 6.17. The largest absolute Gasteiger partial charge is 0.398 e. The summed E-state index contributed by atoms with van der Waals surface area (Å²) in [6.07, 6.45) is 0. The predicted molar refractivity (Wildman–Crippen MR) is 86.7 cm³/mol. The molecule has 0 aromatic heterocycles. The van der Waals surface area contributed by atoms with Crippen LogP contribution in [0.3, 0.4) is 0 Å². The Morgan fingerprint density at radius 3 is 2.15 bits per heavy atom. The maximum absolute atomic E-state index is 5.93. The lowest BCUT2D eigenvalue weighted by Gasteiger charge is -2.18. The van der Waals surface area contributed by atoms with Crippen molar-refractivity contribution in [2.45, 2.75) is 33.1 Å². The van der Waals surface area contributed by atoms with E-state index in [0.717, 1.165) is 16.8 Å². The first-order chi connectivity index (χ1) is 9.36. The zero-order valence-corrected chi connectivity index (χ0v) is 12.6. The van der Waals surface area contributed by atoms with Gasteiger partial charge in [0.25, 0.3) is 0 Å². The van der Waals surface area contributed by atoms with Crippen molar-refractivity contribution < 1.29 is 0 Å². The molecule has 2 aromatic carbocycles. The minimum Gasteiger partial charge on any atom is -0.398 e. The third-order valence-corrected chi connectivity index (χ3v) is 3.30. The molecule has 0 aliphatic rings. The van der Waals surface area contributed by atoms with Crippen LogP contribution in [-0.4, -0.2) is 0 Å². The monoisotopic (exact) mass is 263 g/mol. The van der Waals surface area contributed by atoms with Crippen molar-refractivity contribution >= 4 is 5.69 Å². The number of benzene rings is 2. The molecule has 0 fully saturated rings. The molecule has 20 heavy (non-hydrogen) atoms. The molecule has 0 unspecified atom stereocenters. The van der Waals surface area contributed by atoms with Crippen LogP contribution in [0.25, 0.3) is 0 Å². The summed E-state index contributed by atoms with van der Waals surface area (Å²) in [6, 6.07) is 14.3. The molecule has 102 valence electrons. The van der Waals surface area contributed by atoms with Gasteiger partial charge in [-0.2, -0.15) is 0 Å². The van der Waals surface area contributed by atoms with Gasteiger partial charge < -0.3 is 5.73 Å². The lowest BCUT2D eigenvalue weighted by Crippen LogP contribution is -2.10. The Morgan fingerprint density at radius 2 is 1.55 bits per heavy atom. The van der Waals surface area contributed by atoms with Gasteiger partial charge in [0, 0.05) is 16.8 Å². The molecule has 0 bridgehead atoms. The summed E-state index contributed by atoms with van der Waals surface area (Å²) in [4.78, 5) is 0. The number of hydrogen-bond acceptors (Lipinski definition) is 1. The summed E-state index contributed by atoms with van der Waals surface area (Å²) in [5, 5.41) is 0. The fourth-order valence-electron chi connectivity index (χ4n) is 1.97. The maximum atomic E-state index is 5.93. The van der Waals surface area contributed by atoms with Crippen LogP contribution in [0.2, 0.25) is 0 Å². The average molecular weight is 263 g/mol. The highest BCUT2D eigenvalue weighted by molar-refractivity contribution is 5.58. The van der Waals surface area contributed by atoms with E-state index in [1.165, 1.54) is 11.1 Å². The van der Waals surface area contributed by atoms with E-state index in [0.29, 0.717) is 0 Å². The standard InChI is InChI=1S/C19H21N/c1-14-5-12-18(20)16(13-14)9-6-15-7-10-17(11-8-15)19(2,3)4/h5,7-8,10-13H,20H2,1-4H3. The molecule has 0 heterocycles. The van der Waals surface area contributed by atoms with Gasteiger partial charge in [-0.3, -0.25) is 0 Å². The van der Waals surface area contributed by atoms with Crippen LogP contribution in [0.1, 0.15) is 43.0 Å².